The molecule has 0 unspecified atom stereocenters. The van der Waals surface area contributed by atoms with Gasteiger partial charge in [-0.2, -0.15) is 0 Å². The van der Waals surface area contributed by atoms with Gasteiger partial charge < -0.3 is 5.32 Å². The van der Waals surface area contributed by atoms with Crippen molar-refractivity contribution in [3.8, 4) is 0 Å². The molecule has 5 nitrogen and oxygen atoms in total. The van der Waals surface area contributed by atoms with Crippen LogP contribution in [0.3, 0.4) is 0 Å². The number of sulfonamides is 1. The SMILES string of the molecule is CCCNS(=O)(=O)c1ccc(NC(=O)/C=C/c2ccccc2)cc1. The third kappa shape index (κ3) is 5.33. The maximum Gasteiger partial charge on any atom is 0.248 e. The van der Waals surface area contributed by atoms with Crippen molar-refractivity contribution >= 4 is 27.7 Å². The first-order valence-electron chi connectivity index (χ1n) is 7.65. The van der Waals surface area contributed by atoms with Crippen molar-refractivity contribution < 1.29 is 13.2 Å². The van der Waals surface area contributed by atoms with Crippen LogP contribution in [0.5, 0.6) is 0 Å². The number of hydrogen-bond donors (Lipinski definition) is 2. The Hall–Kier alpha value is -2.44. The molecule has 0 aliphatic rings. The van der Waals surface area contributed by atoms with E-state index in [4.69, 9.17) is 0 Å². The normalized spacial score (nSPS) is 11.5. The summed E-state index contributed by atoms with van der Waals surface area (Å²) in [5.41, 5.74) is 1.46. The monoisotopic (exact) mass is 344 g/mol. The highest BCUT2D eigenvalue weighted by Crippen LogP contribution is 2.14. The highest BCUT2D eigenvalue weighted by atomic mass is 32.2. The molecule has 0 spiro atoms. The van der Waals surface area contributed by atoms with Gasteiger partial charge in [-0.15, -0.1) is 0 Å². The van der Waals surface area contributed by atoms with Gasteiger partial charge in [0, 0.05) is 18.3 Å². The minimum absolute atomic E-state index is 0.175. The lowest BCUT2D eigenvalue weighted by Crippen LogP contribution is -2.24. The molecular weight excluding hydrogens is 324 g/mol. The summed E-state index contributed by atoms with van der Waals surface area (Å²) in [7, 11) is -3.49. The summed E-state index contributed by atoms with van der Waals surface area (Å²) in [5.74, 6) is -0.279. The van der Waals surface area contributed by atoms with Crippen LogP contribution in [0.25, 0.3) is 6.08 Å². The van der Waals surface area contributed by atoms with Crippen molar-refractivity contribution in [2.45, 2.75) is 18.2 Å². The summed E-state index contributed by atoms with van der Waals surface area (Å²) in [6.45, 7) is 2.29. The van der Waals surface area contributed by atoms with Gasteiger partial charge in [0.15, 0.2) is 0 Å². The lowest BCUT2D eigenvalue weighted by molar-refractivity contribution is -0.111. The van der Waals surface area contributed by atoms with E-state index in [1.807, 2.05) is 37.3 Å². The van der Waals surface area contributed by atoms with Crippen molar-refractivity contribution in [1.82, 2.24) is 4.72 Å². The number of benzene rings is 2. The fraction of sp³-hybridized carbons (Fsp3) is 0.167. The van der Waals surface area contributed by atoms with Gasteiger partial charge >= 0.3 is 0 Å². The first kappa shape index (κ1) is 17.9. The Morgan fingerprint density at radius 1 is 1.04 bits per heavy atom. The van der Waals surface area contributed by atoms with Gasteiger partial charge in [-0.05, 0) is 42.3 Å². The molecule has 0 aromatic heterocycles. The zero-order valence-corrected chi connectivity index (χ0v) is 14.2. The molecule has 2 N–H and O–H groups in total. The largest absolute Gasteiger partial charge is 0.323 e. The van der Waals surface area contributed by atoms with Gasteiger partial charge in [-0.1, -0.05) is 37.3 Å². The Morgan fingerprint density at radius 3 is 2.33 bits per heavy atom. The van der Waals surface area contributed by atoms with Crippen molar-refractivity contribution in [2.75, 3.05) is 11.9 Å². The second-order valence-corrected chi connectivity index (χ2v) is 6.92. The van der Waals surface area contributed by atoms with Gasteiger partial charge in [0.1, 0.15) is 0 Å². The molecule has 2 rings (SSSR count). The van der Waals surface area contributed by atoms with E-state index in [1.165, 1.54) is 18.2 Å². The van der Waals surface area contributed by atoms with Crippen LogP contribution in [0.4, 0.5) is 5.69 Å². The van der Waals surface area contributed by atoms with Crippen LogP contribution in [0.15, 0.2) is 65.6 Å². The third-order valence-electron chi connectivity index (χ3n) is 3.20. The van der Waals surface area contributed by atoms with E-state index in [9.17, 15) is 13.2 Å². The second-order valence-electron chi connectivity index (χ2n) is 5.16. The van der Waals surface area contributed by atoms with Gasteiger partial charge in [-0.25, -0.2) is 13.1 Å². The molecule has 2 aromatic carbocycles. The third-order valence-corrected chi connectivity index (χ3v) is 4.68. The van der Waals surface area contributed by atoms with Gasteiger partial charge in [0.05, 0.1) is 4.90 Å². The second kappa shape index (κ2) is 8.42. The quantitative estimate of drug-likeness (QED) is 0.758. The lowest BCUT2D eigenvalue weighted by atomic mass is 10.2. The standard InChI is InChI=1S/C18H20N2O3S/c1-2-14-19-24(22,23)17-11-9-16(10-12-17)20-18(21)13-8-15-6-4-3-5-7-15/h3-13,19H,2,14H2,1H3,(H,20,21)/b13-8+. The average Bonchev–Trinajstić information content (AvgIpc) is 2.60. The smallest absolute Gasteiger partial charge is 0.248 e. The molecule has 0 bridgehead atoms. The summed E-state index contributed by atoms with van der Waals surface area (Å²) in [5, 5.41) is 2.69. The number of nitrogens with one attached hydrogen (secondary N) is 2. The molecule has 1 amide bonds. The maximum absolute atomic E-state index is 12.0. The van der Waals surface area contributed by atoms with Crippen LogP contribution >= 0.6 is 0 Å². The summed E-state index contributed by atoms with van der Waals surface area (Å²) in [6.07, 6.45) is 3.87. The highest BCUT2D eigenvalue weighted by molar-refractivity contribution is 7.89. The Balaban J connectivity index is 1.99. The van der Waals surface area contributed by atoms with E-state index in [0.717, 1.165) is 12.0 Å². The zero-order valence-electron chi connectivity index (χ0n) is 13.4. The Bertz CT molecular complexity index is 798. The topological polar surface area (TPSA) is 75.3 Å². The van der Waals surface area contributed by atoms with Crippen LogP contribution in [0.1, 0.15) is 18.9 Å². The predicted octanol–water partition coefficient (Wildman–Crippen LogP) is 3.03. The van der Waals surface area contributed by atoms with Gasteiger partial charge in [-0.3, -0.25) is 4.79 Å². The van der Waals surface area contributed by atoms with E-state index in [0.29, 0.717) is 12.2 Å². The van der Waals surface area contributed by atoms with Crippen LogP contribution in [0, 0.1) is 0 Å². The van der Waals surface area contributed by atoms with Crippen LogP contribution in [-0.2, 0) is 14.8 Å². The van der Waals surface area contributed by atoms with Crippen LogP contribution in [-0.4, -0.2) is 20.9 Å². The molecule has 0 radical (unpaired) electrons. The molecule has 0 aliphatic carbocycles. The first-order chi connectivity index (χ1) is 11.5. The number of anilines is 1. The highest BCUT2D eigenvalue weighted by Gasteiger charge is 2.12. The minimum atomic E-state index is -3.49. The number of hydrogen-bond acceptors (Lipinski definition) is 3. The molecule has 126 valence electrons. The van der Waals surface area contributed by atoms with Crippen molar-refractivity contribution in [1.29, 1.82) is 0 Å². The van der Waals surface area contributed by atoms with Crippen molar-refractivity contribution in [3.05, 3.63) is 66.2 Å². The molecule has 0 heterocycles. The molecule has 24 heavy (non-hydrogen) atoms. The summed E-state index contributed by atoms with van der Waals surface area (Å²) >= 11 is 0. The Labute approximate surface area is 142 Å². The first-order valence-corrected chi connectivity index (χ1v) is 9.13. The van der Waals surface area contributed by atoms with E-state index in [-0.39, 0.29) is 10.8 Å². The van der Waals surface area contributed by atoms with E-state index >= 15 is 0 Å². The zero-order chi connectivity index (χ0) is 17.4. The fourth-order valence-corrected chi connectivity index (χ4v) is 3.09. The summed E-state index contributed by atoms with van der Waals surface area (Å²) in [6, 6.07) is 15.5. The molecule has 6 heteroatoms. The van der Waals surface area contributed by atoms with Gasteiger partial charge in [0.25, 0.3) is 0 Å². The van der Waals surface area contributed by atoms with Crippen LogP contribution in [0.2, 0.25) is 0 Å². The summed E-state index contributed by atoms with van der Waals surface area (Å²) < 4.78 is 26.4. The minimum Gasteiger partial charge on any atom is -0.323 e. The Kier molecular flexibility index (Phi) is 6.28. The van der Waals surface area contributed by atoms with Crippen molar-refractivity contribution in [3.63, 3.8) is 0 Å². The number of carbonyl (C=O) groups excluding carboxylic acids is 1. The lowest BCUT2D eigenvalue weighted by Gasteiger charge is -2.07. The maximum atomic E-state index is 12.0. The van der Waals surface area contributed by atoms with Gasteiger partial charge in [0.2, 0.25) is 15.9 Å². The number of rotatable bonds is 7. The average molecular weight is 344 g/mol. The molecule has 0 fully saturated rings. The summed E-state index contributed by atoms with van der Waals surface area (Å²) in [4.78, 5) is 12.1. The fourth-order valence-electron chi connectivity index (χ4n) is 1.96. The number of carbonyl (C=O) groups is 1. The van der Waals surface area contributed by atoms with E-state index in [1.54, 1.807) is 18.2 Å². The molecule has 0 saturated carbocycles. The predicted molar refractivity (Wildman–Crippen MR) is 96.0 cm³/mol. The van der Waals surface area contributed by atoms with Crippen molar-refractivity contribution in [2.24, 2.45) is 0 Å². The number of amides is 1. The molecule has 0 aliphatic heterocycles. The molecule has 0 atom stereocenters. The Morgan fingerprint density at radius 2 is 1.71 bits per heavy atom. The molecule has 0 saturated heterocycles. The van der Waals surface area contributed by atoms with E-state index < -0.39 is 10.0 Å². The van der Waals surface area contributed by atoms with Crippen LogP contribution < -0.4 is 10.0 Å². The molecule has 2 aromatic rings. The van der Waals surface area contributed by atoms with E-state index in [2.05, 4.69) is 10.0 Å². The molecular formula is C18H20N2O3S.